The molecule has 26 heavy (non-hydrogen) atoms. The smallest absolute Gasteiger partial charge is 0.213 e. The Kier molecular flexibility index (Phi) is 8.14. The highest BCUT2D eigenvalue weighted by Gasteiger charge is 2.21. The van der Waals surface area contributed by atoms with Gasteiger partial charge >= 0.3 is 0 Å². The van der Waals surface area contributed by atoms with Gasteiger partial charge in [0.05, 0.1) is 25.4 Å². The summed E-state index contributed by atoms with van der Waals surface area (Å²) in [5.41, 5.74) is 2.15. The molecular formula is C18H27IN6O. The lowest BCUT2D eigenvalue weighted by molar-refractivity contribution is 0.288. The molecule has 0 amide bonds. The number of halogens is 1. The second-order valence-electron chi connectivity index (χ2n) is 6.25. The number of pyridine rings is 1. The summed E-state index contributed by atoms with van der Waals surface area (Å²) in [5.74, 6) is 2.21. The second-order valence-corrected chi connectivity index (χ2v) is 6.25. The van der Waals surface area contributed by atoms with Crippen LogP contribution in [0.15, 0.2) is 35.6 Å². The van der Waals surface area contributed by atoms with Gasteiger partial charge in [-0.05, 0) is 37.3 Å². The van der Waals surface area contributed by atoms with Crippen LogP contribution < -0.4 is 15.4 Å². The van der Waals surface area contributed by atoms with Crippen molar-refractivity contribution in [3.05, 3.63) is 41.9 Å². The van der Waals surface area contributed by atoms with E-state index in [2.05, 4.69) is 32.6 Å². The molecule has 1 aliphatic rings. The number of ether oxygens (including phenoxy) is 1. The molecule has 0 unspecified atom stereocenters. The number of hydrogen-bond acceptors (Lipinski definition) is 4. The van der Waals surface area contributed by atoms with Crippen LogP contribution in [0.4, 0.5) is 0 Å². The van der Waals surface area contributed by atoms with Crippen molar-refractivity contribution in [3.8, 4) is 5.88 Å². The number of guanidine groups is 1. The van der Waals surface area contributed by atoms with Crippen molar-refractivity contribution in [2.75, 3.05) is 13.2 Å². The van der Waals surface area contributed by atoms with Crippen LogP contribution in [-0.4, -0.2) is 33.9 Å². The number of rotatable bonds is 8. The van der Waals surface area contributed by atoms with Gasteiger partial charge in [-0.1, -0.05) is 6.07 Å². The molecule has 7 nitrogen and oxygen atoms in total. The minimum atomic E-state index is 0. The van der Waals surface area contributed by atoms with Crippen LogP contribution in [0.1, 0.15) is 31.0 Å². The van der Waals surface area contributed by atoms with E-state index in [1.165, 1.54) is 12.8 Å². The van der Waals surface area contributed by atoms with Crippen molar-refractivity contribution < 1.29 is 4.74 Å². The third-order valence-corrected chi connectivity index (χ3v) is 4.08. The zero-order chi connectivity index (χ0) is 17.5. The summed E-state index contributed by atoms with van der Waals surface area (Å²) in [6, 6.07) is 5.92. The molecular weight excluding hydrogens is 443 g/mol. The maximum atomic E-state index is 5.66. The number of aliphatic imine (C=N–C) groups is 1. The highest BCUT2D eigenvalue weighted by atomic mass is 127. The van der Waals surface area contributed by atoms with Gasteiger partial charge < -0.3 is 15.4 Å². The highest BCUT2D eigenvalue weighted by molar-refractivity contribution is 14.0. The Morgan fingerprint density at radius 2 is 2.15 bits per heavy atom. The molecule has 0 bridgehead atoms. The quantitative estimate of drug-likeness (QED) is 0.352. The first kappa shape index (κ1) is 20.5. The van der Waals surface area contributed by atoms with Crippen LogP contribution in [0.2, 0.25) is 0 Å². The number of aromatic nitrogens is 3. The second kappa shape index (κ2) is 10.3. The Morgan fingerprint density at radius 1 is 1.31 bits per heavy atom. The number of nitrogens with zero attached hydrogens (tertiary/aromatic N) is 4. The lowest BCUT2D eigenvalue weighted by Gasteiger charge is -2.11. The van der Waals surface area contributed by atoms with E-state index in [0.717, 1.165) is 36.3 Å². The monoisotopic (exact) mass is 470 g/mol. The van der Waals surface area contributed by atoms with Crippen LogP contribution >= 0.6 is 24.0 Å². The van der Waals surface area contributed by atoms with Crippen molar-refractivity contribution >= 4 is 29.9 Å². The van der Waals surface area contributed by atoms with Gasteiger partial charge in [0.15, 0.2) is 5.96 Å². The summed E-state index contributed by atoms with van der Waals surface area (Å²) in [6.45, 7) is 4.89. The van der Waals surface area contributed by atoms with Crippen molar-refractivity contribution in [2.45, 2.75) is 32.9 Å². The summed E-state index contributed by atoms with van der Waals surface area (Å²) in [7, 11) is 1.93. The summed E-state index contributed by atoms with van der Waals surface area (Å²) >= 11 is 0. The average Bonchev–Trinajstić information content (AvgIpc) is 3.37. The van der Waals surface area contributed by atoms with Gasteiger partial charge in [-0.2, -0.15) is 5.10 Å². The average molecular weight is 470 g/mol. The maximum Gasteiger partial charge on any atom is 0.213 e. The minimum absolute atomic E-state index is 0. The Labute approximate surface area is 171 Å². The van der Waals surface area contributed by atoms with Crippen molar-refractivity contribution in [3.63, 3.8) is 0 Å². The fraction of sp³-hybridized carbons (Fsp3) is 0.500. The molecule has 8 heteroatoms. The van der Waals surface area contributed by atoms with E-state index >= 15 is 0 Å². The van der Waals surface area contributed by atoms with E-state index in [9.17, 15) is 0 Å². The van der Waals surface area contributed by atoms with Gasteiger partial charge in [-0.3, -0.25) is 4.68 Å². The topological polar surface area (TPSA) is 76.4 Å². The summed E-state index contributed by atoms with van der Waals surface area (Å²) in [4.78, 5) is 8.97. The van der Waals surface area contributed by atoms with E-state index < -0.39 is 0 Å². The van der Waals surface area contributed by atoms with Crippen molar-refractivity contribution in [2.24, 2.45) is 18.0 Å². The molecule has 2 aromatic rings. The largest absolute Gasteiger partial charge is 0.477 e. The highest BCUT2D eigenvalue weighted by Crippen LogP contribution is 2.29. The molecule has 0 atom stereocenters. The molecule has 0 aromatic carbocycles. The van der Waals surface area contributed by atoms with Gasteiger partial charge in [-0.25, -0.2) is 9.98 Å². The van der Waals surface area contributed by atoms with Crippen molar-refractivity contribution in [1.29, 1.82) is 0 Å². The first-order chi connectivity index (χ1) is 12.2. The minimum Gasteiger partial charge on any atom is -0.477 e. The Hall–Kier alpha value is -1.84. The SMILES string of the molecule is CCNC(=NCc1ccc(OCC2CC2)nc1)NCc1ccnn1C.I. The van der Waals surface area contributed by atoms with E-state index in [4.69, 9.17) is 4.74 Å². The molecule has 0 radical (unpaired) electrons. The maximum absolute atomic E-state index is 5.66. The number of aryl methyl sites for hydroxylation is 1. The van der Waals surface area contributed by atoms with E-state index in [-0.39, 0.29) is 24.0 Å². The standard InChI is InChI=1S/C18H26N6O.HI/c1-3-19-18(22-12-16-8-9-23-24(16)2)21-11-15-6-7-17(20-10-15)25-13-14-4-5-14;/h6-10,14H,3-5,11-13H2,1-2H3,(H2,19,21,22);1H. The molecule has 142 valence electrons. The van der Waals surface area contributed by atoms with Gasteiger partial charge in [0.25, 0.3) is 0 Å². The first-order valence-electron chi connectivity index (χ1n) is 8.81. The van der Waals surface area contributed by atoms with Crippen LogP contribution in [0.3, 0.4) is 0 Å². The third-order valence-electron chi connectivity index (χ3n) is 4.08. The van der Waals surface area contributed by atoms with Crippen LogP contribution in [0.5, 0.6) is 5.88 Å². The van der Waals surface area contributed by atoms with Gasteiger partial charge in [0.1, 0.15) is 0 Å². The third kappa shape index (κ3) is 6.47. The first-order valence-corrected chi connectivity index (χ1v) is 8.81. The van der Waals surface area contributed by atoms with Gasteiger partial charge in [0, 0.05) is 32.1 Å². The van der Waals surface area contributed by atoms with Gasteiger partial charge in [-0.15, -0.1) is 24.0 Å². The fourth-order valence-electron chi connectivity index (χ4n) is 2.34. The van der Waals surface area contributed by atoms with Crippen molar-refractivity contribution in [1.82, 2.24) is 25.4 Å². The summed E-state index contributed by atoms with van der Waals surface area (Å²) in [5, 5.41) is 10.7. The Morgan fingerprint density at radius 3 is 2.77 bits per heavy atom. The van der Waals surface area contributed by atoms with Crippen LogP contribution in [-0.2, 0) is 20.1 Å². The predicted octanol–water partition coefficient (Wildman–Crippen LogP) is 2.48. The van der Waals surface area contributed by atoms with Gasteiger partial charge in [0.2, 0.25) is 5.88 Å². The number of hydrogen-bond donors (Lipinski definition) is 2. The molecule has 0 spiro atoms. The lowest BCUT2D eigenvalue weighted by atomic mass is 10.3. The zero-order valence-corrected chi connectivity index (χ0v) is 17.6. The Bertz CT molecular complexity index is 696. The van der Waals surface area contributed by atoms with E-state index in [0.29, 0.717) is 19.0 Å². The normalized spacial score (nSPS) is 13.8. The van der Waals surface area contributed by atoms with Crippen LogP contribution in [0.25, 0.3) is 0 Å². The molecule has 2 heterocycles. The zero-order valence-electron chi connectivity index (χ0n) is 15.3. The molecule has 1 aliphatic carbocycles. The Balaban J connectivity index is 0.00000243. The number of nitrogens with one attached hydrogen (secondary N) is 2. The molecule has 0 aliphatic heterocycles. The summed E-state index contributed by atoms with van der Waals surface area (Å²) in [6.07, 6.45) is 6.19. The van der Waals surface area contributed by atoms with Crippen LogP contribution in [0, 0.1) is 5.92 Å². The predicted molar refractivity (Wildman–Crippen MR) is 113 cm³/mol. The molecule has 1 saturated carbocycles. The molecule has 2 aromatic heterocycles. The molecule has 1 fully saturated rings. The molecule has 0 saturated heterocycles. The van der Waals surface area contributed by atoms with E-state index in [1.807, 2.05) is 36.1 Å². The molecule has 3 rings (SSSR count). The molecule has 2 N–H and O–H groups in total. The fourth-order valence-corrected chi connectivity index (χ4v) is 2.34. The summed E-state index contributed by atoms with van der Waals surface area (Å²) < 4.78 is 7.51. The van der Waals surface area contributed by atoms with E-state index in [1.54, 1.807) is 6.20 Å². The lowest BCUT2D eigenvalue weighted by Crippen LogP contribution is -2.37.